The molecular weight excluding hydrogens is 344 g/mol. The molecule has 0 radical (unpaired) electrons. The first-order valence-electron chi connectivity index (χ1n) is 8.17. The third kappa shape index (κ3) is 4.20. The maximum absolute atomic E-state index is 12.7. The van der Waals surface area contributed by atoms with Crippen LogP contribution >= 0.6 is 11.8 Å². The highest BCUT2D eigenvalue weighted by Crippen LogP contribution is 2.25. The number of thioether (sulfide) groups is 1. The van der Waals surface area contributed by atoms with Crippen LogP contribution in [0.4, 0.5) is 0 Å². The standard InChI is InChI=1S/C17H22N2O3S2/c20-17-7-6-16(14-18-9-11-23-12-10-18)19(17)24(21,22)13-8-15-4-2-1-3-5-15/h1-5,8,13,16H,6-7,9-12,14H2. The van der Waals surface area contributed by atoms with Gasteiger partial charge in [-0.25, -0.2) is 12.7 Å². The SMILES string of the molecule is O=C1CCC(CN2CCSCC2)N1S(=O)(=O)C=Cc1ccccc1. The van der Waals surface area contributed by atoms with Crippen molar-refractivity contribution in [3.05, 3.63) is 41.3 Å². The Morgan fingerprint density at radius 1 is 1.17 bits per heavy atom. The second-order valence-electron chi connectivity index (χ2n) is 6.05. The zero-order valence-electron chi connectivity index (χ0n) is 13.5. The Kier molecular flexibility index (Phi) is 5.63. The summed E-state index contributed by atoms with van der Waals surface area (Å²) < 4.78 is 26.4. The van der Waals surface area contributed by atoms with E-state index in [4.69, 9.17) is 0 Å². The van der Waals surface area contributed by atoms with Gasteiger partial charge in [-0.05, 0) is 18.1 Å². The first kappa shape index (κ1) is 17.5. The Balaban J connectivity index is 1.73. The number of hydrogen-bond donors (Lipinski definition) is 0. The van der Waals surface area contributed by atoms with Gasteiger partial charge in [0, 0.05) is 37.6 Å². The highest BCUT2D eigenvalue weighted by molar-refractivity contribution is 7.99. The van der Waals surface area contributed by atoms with Crippen molar-refractivity contribution in [3.8, 4) is 0 Å². The van der Waals surface area contributed by atoms with Crippen LogP contribution in [0.25, 0.3) is 6.08 Å². The predicted octanol–water partition coefficient (Wildman–Crippen LogP) is 2.03. The summed E-state index contributed by atoms with van der Waals surface area (Å²) >= 11 is 1.92. The van der Waals surface area contributed by atoms with Gasteiger partial charge >= 0.3 is 0 Å². The van der Waals surface area contributed by atoms with Crippen LogP contribution in [0.15, 0.2) is 35.7 Å². The summed E-state index contributed by atoms with van der Waals surface area (Å²) in [6.45, 7) is 2.57. The van der Waals surface area contributed by atoms with Gasteiger partial charge in [-0.3, -0.25) is 9.69 Å². The van der Waals surface area contributed by atoms with Crippen LogP contribution in [0.5, 0.6) is 0 Å². The van der Waals surface area contributed by atoms with Crippen LogP contribution < -0.4 is 0 Å². The van der Waals surface area contributed by atoms with Crippen molar-refractivity contribution in [1.29, 1.82) is 0 Å². The highest BCUT2D eigenvalue weighted by atomic mass is 32.2. The lowest BCUT2D eigenvalue weighted by atomic mass is 10.2. The lowest BCUT2D eigenvalue weighted by molar-refractivity contribution is -0.124. The molecule has 0 bridgehead atoms. The van der Waals surface area contributed by atoms with Crippen molar-refractivity contribution < 1.29 is 13.2 Å². The number of nitrogens with zero attached hydrogens (tertiary/aromatic N) is 2. The van der Waals surface area contributed by atoms with Crippen molar-refractivity contribution in [2.24, 2.45) is 0 Å². The minimum Gasteiger partial charge on any atom is -0.300 e. The highest BCUT2D eigenvalue weighted by Gasteiger charge is 2.39. The van der Waals surface area contributed by atoms with Gasteiger partial charge in [0.1, 0.15) is 0 Å². The number of hydrogen-bond acceptors (Lipinski definition) is 5. The zero-order valence-corrected chi connectivity index (χ0v) is 15.1. The average molecular weight is 367 g/mol. The largest absolute Gasteiger partial charge is 0.300 e. The van der Waals surface area contributed by atoms with Crippen LogP contribution in [0.3, 0.4) is 0 Å². The average Bonchev–Trinajstić information content (AvgIpc) is 2.96. The molecule has 0 N–H and O–H groups in total. The van der Waals surface area contributed by atoms with Crippen LogP contribution in [0.2, 0.25) is 0 Å². The van der Waals surface area contributed by atoms with Crippen molar-refractivity contribution in [3.63, 3.8) is 0 Å². The molecule has 1 atom stereocenters. The van der Waals surface area contributed by atoms with E-state index in [9.17, 15) is 13.2 Å². The number of carbonyl (C=O) groups is 1. The lowest BCUT2D eigenvalue weighted by Crippen LogP contribution is -2.46. The summed E-state index contributed by atoms with van der Waals surface area (Å²) in [7, 11) is -3.74. The monoisotopic (exact) mass is 366 g/mol. The van der Waals surface area contributed by atoms with E-state index in [-0.39, 0.29) is 11.9 Å². The van der Waals surface area contributed by atoms with E-state index < -0.39 is 10.0 Å². The number of amides is 1. The van der Waals surface area contributed by atoms with Crippen LogP contribution in [-0.2, 0) is 14.8 Å². The third-order valence-corrected chi connectivity index (χ3v) is 6.82. The van der Waals surface area contributed by atoms with Gasteiger partial charge in [-0.15, -0.1) is 0 Å². The first-order valence-corrected chi connectivity index (χ1v) is 10.8. The number of carbonyl (C=O) groups excluding carboxylic acids is 1. The van der Waals surface area contributed by atoms with E-state index in [0.29, 0.717) is 19.4 Å². The number of benzene rings is 1. The fraction of sp³-hybridized carbons (Fsp3) is 0.471. The first-order chi connectivity index (χ1) is 11.6. The Morgan fingerprint density at radius 3 is 2.58 bits per heavy atom. The Bertz CT molecular complexity index is 698. The molecule has 5 nitrogen and oxygen atoms in total. The minimum atomic E-state index is -3.74. The molecule has 1 amide bonds. The van der Waals surface area contributed by atoms with Crippen molar-refractivity contribution in [1.82, 2.24) is 9.21 Å². The maximum atomic E-state index is 12.7. The zero-order chi connectivity index (χ0) is 17.0. The molecule has 1 aromatic rings. The smallest absolute Gasteiger partial charge is 0.259 e. The predicted molar refractivity (Wildman–Crippen MR) is 98.0 cm³/mol. The normalized spacial score (nSPS) is 23.2. The van der Waals surface area contributed by atoms with E-state index in [1.165, 1.54) is 0 Å². The molecule has 0 aromatic heterocycles. The molecule has 1 unspecified atom stereocenters. The molecule has 2 aliphatic rings. The molecule has 3 rings (SSSR count). The van der Waals surface area contributed by atoms with Crippen LogP contribution in [0, 0.1) is 0 Å². The summed E-state index contributed by atoms with van der Waals surface area (Å²) in [5, 5.41) is 1.16. The molecule has 2 heterocycles. The third-order valence-electron chi connectivity index (χ3n) is 4.35. The van der Waals surface area contributed by atoms with Gasteiger partial charge in [0.25, 0.3) is 10.0 Å². The Hall–Kier alpha value is -1.31. The Morgan fingerprint density at radius 2 is 1.88 bits per heavy atom. The second-order valence-corrected chi connectivity index (χ2v) is 8.97. The molecule has 2 saturated heterocycles. The molecule has 0 saturated carbocycles. The molecule has 0 spiro atoms. The van der Waals surface area contributed by atoms with Gasteiger partial charge in [-0.1, -0.05) is 30.3 Å². The van der Waals surface area contributed by atoms with Gasteiger partial charge in [-0.2, -0.15) is 11.8 Å². The molecule has 2 fully saturated rings. The fourth-order valence-corrected chi connectivity index (χ4v) is 5.51. The summed E-state index contributed by atoms with van der Waals surface area (Å²) in [6.07, 6.45) is 2.47. The number of rotatable bonds is 5. The van der Waals surface area contributed by atoms with Gasteiger partial charge in [0.2, 0.25) is 5.91 Å². The molecule has 2 aliphatic heterocycles. The van der Waals surface area contributed by atoms with Crippen molar-refractivity contribution in [2.45, 2.75) is 18.9 Å². The molecule has 7 heteroatoms. The second kappa shape index (κ2) is 7.72. The minimum absolute atomic E-state index is 0.244. The fourth-order valence-electron chi connectivity index (χ4n) is 3.11. The summed E-state index contributed by atoms with van der Waals surface area (Å²) in [6, 6.07) is 9.00. The molecule has 24 heavy (non-hydrogen) atoms. The van der Waals surface area contributed by atoms with Crippen molar-refractivity contribution >= 4 is 33.8 Å². The van der Waals surface area contributed by atoms with E-state index >= 15 is 0 Å². The van der Waals surface area contributed by atoms with Gasteiger partial charge < -0.3 is 0 Å². The van der Waals surface area contributed by atoms with E-state index in [1.807, 2.05) is 42.1 Å². The molecule has 130 valence electrons. The van der Waals surface area contributed by atoms with Gasteiger partial charge in [0.05, 0.1) is 11.4 Å². The Labute approximate surface area is 147 Å². The molecule has 0 aliphatic carbocycles. The summed E-state index contributed by atoms with van der Waals surface area (Å²) in [5.74, 6) is 1.85. The molecule has 1 aromatic carbocycles. The van der Waals surface area contributed by atoms with E-state index in [0.717, 1.165) is 39.9 Å². The number of sulfonamides is 1. The van der Waals surface area contributed by atoms with Crippen LogP contribution in [-0.4, -0.2) is 60.7 Å². The van der Waals surface area contributed by atoms with Crippen molar-refractivity contribution in [2.75, 3.05) is 31.1 Å². The van der Waals surface area contributed by atoms with Gasteiger partial charge in [0.15, 0.2) is 0 Å². The maximum Gasteiger partial charge on any atom is 0.259 e. The summed E-state index contributed by atoms with van der Waals surface area (Å²) in [4.78, 5) is 14.4. The topological polar surface area (TPSA) is 57.7 Å². The quantitative estimate of drug-likeness (QED) is 0.798. The van der Waals surface area contributed by atoms with Crippen LogP contribution in [0.1, 0.15) is 18.4 Å². The lowest BCUT2D eigenvalue weighted by Gasteiger charge is -2.31. The summed E-state index contributed by atoms with van der Waals surface area (Å²) in [5.41, 5.74) is 0.803. The van der Waals surface area contributed by atoms with E-state index in [2.05, 4.69) is 4.90 Å². The van der Waals surface area contributed by atoms with E-state index in [1.54, 1.807) is 6.08 Å². The molecular formula is C17H22N2O3S2.